The molecule has 0 saturated carbocycles. The van der Waals surface area contributed by atoms with Crippen LogP contribution in [0.5, 0.6) is 11.5 Å². The Bertz CT molecular complexity index is 674. The zero-order valence-corrected chi connectivity index (χ0v) is 15.1. The van der Waals surface area contributed by atoms with E-state index in [1.165, 1.54) is 17.5 Å². The Morgan fingerprint density at radius 2 is 1.96 bits per heavy atom. The lowest BCUT2D eigenvalue weighted by molar-refractivity contribution is 0.0290. The van der Waals surface area contributed by atoms with Gasteiger partial charge in [-0.25, -0.2) is 0 Å². The van der Waals surface area contributed by atoms with E-state index in [4.69, 9.17) is 14.2 Å². The molecular formula is C18H22BrNO3. The summed E-state index contributed by atoms with van der Waals surface area (Å²) >= 11 is 0. The van der Waals surface area contributed by atoms with Crippen molar-refractivity contribution >= 4 is 17.0 Å². The molecule has 0 aromatic heterocycles. The molecule has 5 heteroatoms. The predicted octanol–water partition coefficient (Wildman–Crippen LogP) is 3.19. The van der Waals surface area contributed by atoms with Crippen molar-refractivity contribution in [3.63, 3.8) is 0 Å². The van der Waals surface area contributed by atoms with Crippen molar-refractivity contribution in [2.24, 2.45) is 0 Å². The van der Waals surface area contributed by atoms with E-state index < -0.39 is 0 Å². The van der Waals surface area contributed by atoms with Gasteiger partial charge in [0.15, 0.2) is 11.5 Å². The Morgan fingerprint density at radius 3 is 2.78 bits per heavy atom. The molecule has 5 rings (SSSR count). The van der Waals surface area contributed by atoms with E-state index in [0.29, 0.717) is 12.9 Å². The van der Waals surface area contributed by atoms with E-state index in [1.54, 1.807) is 5.57 Å². The molecule has 3 aliphatic heterocycles. The Balaban J connectivity index is 0.00000135. The Hall–Kier alpha value is -1.04. The maximum Gasteiger partial charge on any atom is 0.231 e. The first-order chi connectivity index (χ1) is 10.8. The number of hydrogen-bond acceptors (Lipinski definition) is 4. The third kappa shape index (κ3) is 2.03. The van der Waals surface area contributed by atoms with E-state index in [-0.39, 0.29) is 22.5 Å². The first-order valence-electron chi connectivity index (χ1n) is 8.21. The monoisotopic (exact) mass is 379 g/mol. The summed E-state index contributed by atoms with van der Waals surface area (Å²) in [6, 6.07) is 4.44. The van der Waals surface area contributed by atoms with Crippen molar-refractivity contribution in [2.75, 3.05) is 27.0 Å². The molecule has 2 atom stereocenters. The summed E-state index contributed by atoms with van der Waals surface area (Å²) in [6.07, 6.45) is 7.12. The molecular weight excluding hydrogens is 358 g/mol. The number of fused-ring (bicyclic) bond motifs is 2. The molecule has 3 heterocycles. The number of halogens is 1. The molecule has 1 aliphatic carbocycles. The van der Waals surface area contributed by atoms with Crippen LogP contribution in [0.4, 0.5) is 0 Å². The highest BCUT2D eigenvalue weighted by molar-refractivity contribution is 8.93. The zero-order chi connectivity index (χ0) is 14.7. The van der Waals surface area contributed by atoms with Gasteiger partial charge in [-0.3, -0.25) is 4.90 Å². The van der Waals surface area contributed by atoms with Crippen LogP contribution in [-0.4, -0.2) is 38.0 Å². The highest BCUT2D eigenvalue weighted by atomic mass is 79.9. The number of nitrogens with zero attached hydrogens (tertiary/aromatic N) is 1. The molecule has 0 N–H and O–H groups in total. The van der Waals surface area contributed by atoms with Crippen LogP contribution in [-0.2, 0) is 16.7 Å². The minimum Gasteiger partial charge on any atom is -0.454 e. The van der Waals surface area contributed by atoms with Gasteiger partial charge < -0.3 is 14.2 Å². The summed E-state index contributed by atoms with van der Waals surface area (Å²) < 4.78 is 17.0. The van der Waals surface area contributed by atoms with Gasteiger partial charge in [-0.1, -0.05) is 6.08 Å². The molecule has 1 unspecified atom stereocenters. The molecule has 4 aliphatic rings. The van der Waals surface area contributed by atoms with Gasteiger partial charge in [0.05, 0.1) is 11.6 Å². The average Bonchev–Trinajstić information content (AvgIpc) is 3.16. The summed E-state index contributed by atoms with van der Waals surface area (Å²) in [6.45, 7) is 2.63. The molecule has 1 aromatic rings. The summed E-state index contributed by atoms with van der Waals surface area (Å²) in [4.78, 5) is 2.66. The number of hydrogen-bond donors (Lipinski definition) is 0. The lowest BCUT2D eigenvalue weighted by Gasteiger charge is -2.48. The number of ether oxygens (including phenoxy) is 3. The normalized spacial score (nSPS) is 30.8. The molecule has 1 aromatic carbocycles. The molecule has 0 bridgehead atoms. The molecule has 124 valence electrons. The summed E-state index contributed by atoms with van der Waals surface area (Å²) in [5.74, 6) is 1.81. The van der Waals surface area contributed by atoms with Crippen LogP contribution >= 0.6 is 17.0 Å². The third-order valence-electron chi connectivity index (χ3n) is 5.90. The largest absolute Gasteiger partial charge is 0.454 e. The number of methoxy groups -OCH3 is 1. The van der Waals surface area contributed by atoms with Crippen molar-refractivity contribution in [3.05, 3.63) is 34.9 Å². The number of benzene rings is 1. The minimum absolute atomic E-state index is 0. The molecule has 23 heavy (non-hydrogen) atoms. The second-order valence-electron chi connectivity index (χ2n) is 6.74. The maximum atomic E-state index is 5.72. The van der Waals surface area contributed by atoms with E-state index in [2.05, 4.69) is 23.1 Å². The molecule has 1 saturated heterocycles. The van der Waals surface area contributed by atoms with Gasteiger partial charge in [0.1, 0.15) is 0 Å². The van der Waals surface area contributed by atoms with E-state index in [0.717, 1.165) is 43.9 Å². The average molecular weight is 380 g/mol. The van der Waals surface area contributed by atoms with Crippen molar-refractivity contribution in [3.8, 4) is 11.5 Å². The number of rotatable bonds is 1. The minimum atomic E-state index is 0. The molecule has 0 amide bonds. The molecule has 1 spiro atoms. The zero-order valence-electron chi connectivity index (χ0n) is 13.3. The fourth-order valence-corrected chi connectivity index (χ4v) is 4.84. The Morgan fingerprint density at radius 1 is 1.17 bits per heavy atom. The van der Waals surface area contributed by atoms with Crippen molar-refractivity contribution in [1.82, 2.24) is 4.90 Å². The van der Waals surface area contributed by atoms with E-state index in [1.807, 2.05) is 7.11 Å². The van der Waals surface area contributed by atoms with Crippen molar-refractivity contribution < 1.29 is 14.2 Å². The Labute approximate surface area is 147 Å². The lowest BCUT2D eigenvalue weighted by Crippen LogP contribution is -2.50. The van der Waals surface area contributed by atoms with E-state index in [9.17, 15) is 0 Å². The molecule has 1 fully saturated rings. The van der Waals surface area contributed by atoms with Crippen LogP contribution in [0, 0.1) is 0 Å². The summed E-state index contributed by atoms with van der Waals surface area (Å²) in [5, 5.41) is 0. The van der Waals surface area contributed by atoms with Gasteiger partial charge in [0, 0.05) is 26.6 Å². The highest BCUT2D eigenvalue weighted by Gasteiger charge is 2.52. The van der Waals surface area contributed by atoms with Crippen molar-refractivity contribution in [2.45, 2.75) is 37.3 Å². The van der Waals surface area contributed by atoms with Gasteiger partial charge in [-0.15, -0.1) is 17.0 Å². The fourth-order valence-electron chi connectivity index (χ4n) is 4.84. The van der Waals surface area contributed by atoms with Gasteiger partial charge >= 0.3 is 0 Å². The van der Waals surface area contributed by atoms with Crippen LogP contribution in [0.3, 0.4) is 0 Å². The van der Waals surface area contributed by atoms with Crippen LogP contribution in [0.25, 0.3) is 0 Å². The molecule has 0 radical (unpaired) electrons. The van der Waals surface area contributed by atoms with Crippen molar-refractivity contribution in [1.29, 1.82) is 0 Å². The highest BCUT2D eigenvalue weighted by Crippen LogP contribution is 2.54. The van der Waals surface area contributed by atoms with Crippen LogP contribution < -0.4 is 9.47 Å². The third-order valence-corrected chi connectivity index (χ3v) is 5.90. The smallest absolute Gasteiger partial charge is 0.231 e. The summed E-state index contributed by atoms with van der Waals surface area (Å²) in [7, 11) is 1.84. The standard InChI is InChI=1S/C18H21NO3.BrH/c1-20-14-3-2-13-5-7-19-6-4-12-8-16-17(22-11-21-16)9-15(12)18(13,19)10-14;/h2,8-9,14H,3-7,10-11H2,1H3;1H/t14-,18?;/m0./s1. The van der Waals surface area contributed by atoms with Crippen LogP contribution in [0.15, 0.2) is 23.8 Å². The quantitative estimate of drug-likeness (QED) is 0.701. The second kappa shape index (κ2) is 5.50. The van der Waals surface area contributed by atoms with Gasteiger partial charge in [0.25, 0.3) is 0 Å². The lowest BCUT2D eigenvalue weighted by atomic mass is 9.71. The van der Waals surface area contributed by atoms with Crippen LogP contribution in [0.1, 0.15) is 30.4 Å². The van der Waals surface area contributed by atoms with Gasteiger partial charge in [-0.05, 0) is 48.1 Å². The first kappa shape index (κ1) is 15.5. The van der Waals surface area contributed by atoms with Gasteiger partial charge in [0.2, 0.25) is 6.79 Å². The van der Waals surface area contributed by atoms with E-state index >= 15 is 0 Å². The SMILES string of the molecule is Br.CO[C@H]1CC=C2CCN3CCc4cc5c(cc4C23C1)OCO5. The van der Waals surface area contributed by atoms with Crippen LogP contribution in [0.2, 0.25) is 0 Å². The first-order valence-corrected chi connectivity index (χ1v) is 8.21. The second-order valence-corrected chi connectivity index (χ2v) is 6.74. The molecule has 4 nitrogen and oxygen atoms in total. The predicted molar refractivity (Wildman–Crippen MR) is 92.6 cm³/mol. The topological polar surface area (TPSA) is 30.9 Å². The fraction of sp³-hybridized carbons (Fsp3) is 0.556. The Kier molecular flexibility index (Phi) is 3.70. The van der Waals surface area contributed by atoms with Gasteiger partial charge in [-0.2, -0.15) is 0 Å². The maximum absolute atomic E-state index is 5.72. The summed E-state index contributed by atoms with van der Waals surface area (Å²) in [5.41, 5.74) is 4.46.